The molecule has 1 fully saturated rings. The zero-order valence-corrected chi connectivity index (χ0v) is 82.3. The Morgan fingerprint density at radius 2 is 0.484 bits per heavy atom. The van der Waals surface area contributed by atoms with Crippen LogP contribution in [0, 0.1) is 23.7 Å². The summed E-state index contributed by atoms with van der Waals surface area (Å²) < 4.78 is 44.1. The number of thioether (sulfide) groups is 2. The molecule has 1 aliphatic heterocycles. The normalized spacial score (nSPS) is 13.4. The van der Waals surface area contributed by atoms with Gasteiger partial charge in [-0.1, -0.05) is 336 Å². The van der Waals surface area contributed by atoms with Gasteiger partial charge in [-0.05, 0) is 87.9 Å². The molecular formula is C100H180N4O20S2. The van der Waals surface area contributed by atoms with Gasteiger partial charge in [0, 0.05) is 76.5 Å². The van der Waals surface area contributed by atoms with Gasteiger partial charge in [0.2, 0.25) is 11.8 Å². The molecule has 0 aromatic rings. The van der Waals surface area contributed by atoms with Crippen molar-refractivity contribution >= 4 is 93.3 Å². The Kier molecular flexibility index (Phi) is 80.2. The molecule has 2 unspecified atom stereocenters. The Labute approximate surface area is 772 Å². The highest BCUT2D eigenvalue weighted by molar-refractivity contribution is 8.13. The molecule has 0 spiro atoms. The number of carbonyl (C=O) groups is 12. The predicted octanol–water partition coefficient (Wildman–Crippen LogP) is 21.7. The summed E-state index contributed by atoms with van der Waals surface area (Å²) in [7, 11) is 0. The van der Waals surface area contributed by atoms with Gasteiger partial charge in [0.15, 0.2) is 23.4 Å². The Hall–Kier alpha value is -5.34. The van der Waals surface area contributed by atoms with Crippen LogP contribution in [0.15, 0.2) is 0 Å². The highest BCUT2D eigenvalue weighted by atomic mass is 32.2. The van der Waals surface area contributed by atoms with Crippen molar-refractivity contribution < 1.29 is 95.4 Å². The minimum atomic E-state index is -0.983. The van der Waals surface area contributed by atoms with Crippen molar-refractivity contribution in [2.45, 2.75) is 440 Å². The van der Waals surface area contributed by atoms with Crippen LogP contribution in [0.3, 0.4) is 0 Å². The summed E-state index contributed by atoms with van der Waals surface area (Å²) in [5.74, 6) is -1.67. The number of carbonyl (C=O) groups excluding carboxylic acids is 12. The zero-order chi connectivity index (χ0) is 92.4. The number of rotatable bonds is 90. The Balaban J connectivity index is 2.82. The molecule has 0 aliphatic carbocycles. The third-order valence-corrected chi connectivity index (χ3v) is 25.9. The lowest BCUT2D eigenvalue weighted by Crippen LogP contribution is -2.61. The molecule has 0 bridgehead atoms. The molecule has 0 aromatic carbocycles. The van der Waals surface area contributed by atoms with Crippen molar-refractivity contribution in [3.63, 3.8) is 0 Å². The molecule has 0 radical (unpaired) electrons. The van der Waals surface area contributed by atoms with E-state index in [2.05, 4.69) is 66.0 Å². The number of hydrogen-bond acceptors (Lipinski definition) is 24. The second-order valence-corrected chi connectivity index (χ2v) is 37.6. The van der Waals surface area contributed by atoms with Gasteiger partial charge in [0.1, 0.15) is 12.1 Å². The second kappa shape index (κ2) is 85.2. The standard InChI is InChI=1S/C100H180N4O20S2/c1-9-17-33-45-83(46-34-18-10-2)63-75-119-89(105)53-41-29-25-27-31-43-73-117-91(107)59-67-103(69-61-93(109)123-81-95(111)121-77-65-85(49-37-21-13-5)50-38-22-14-6)71-79-125-97(113)57-55-87-99(115)102-88(100(116)101-87)56-58-98(114)126-80-72-104(70-62-94(110)124-82-96(112)122-78-66-86(51-39-23-15-7)52-40-24-16-8)68-60-92(108)118-74-44-32-28-26-30-42-54-90(106)120-76-64-84(47-35-19-11-3)48-36-20-12-4/h83-88H,9-82H2,1-8H3,(H,101,116)(H,102,115). The van der Waals surface area contributed by atoms with Crippen LogP contribution >= 0.6 is 23.5 Å². The lowest BCUT2D eigenvalue weighted by Gasteiger charge is -2.29. The van der Waals surface area contributed by atoms with Crippen LogP contribution < -0.4 is 10.6 Å². The molecule has 126 heavy (non-hydrogen) atoms. The molecule has 0 saturated carbocycles. The number of hydrogen-bond donors (Lipinski definition) is 2. The number of esters is 8. The fourth-order valence-electron chi connectivity index (χ4n) is 15.9. The number of amides is 2. The average molecular weight is 1820 g/mol. The summed E-state index contributed by atoms with van der Waals surface area (Å²) in [5.41, 5.74) is 0. The first-order chi connectivity index (χ1) is 61.2. The second-order valence-electron chi connectivity index (χ2n) is 35.3. The quantitative estimate of drug-likeness (QED) is 0.0325. The highest BCUT2D eigenvalue weighted by Crippen LogP contribution is 2.27. The van der Waals surface area contributed by atoms with Crippen molar-refractivity contribution in [2.24, 2.45) is 23.7 Å². The lowest BCUT2D eigenvalue weighted by atomic mass is 9.92. The van der Waals surface area contributed by atoms with E-state index in [1.165, 1.54) is 128 Å². The zero-order valence-electron chi connectivity index (χ0n) is 80.7. The van der Waals surface area contributed by atoms with Crippen molar-refractivity contribution in [1.29, 1.82) is 0 Å². The van der Waals surface area contributed by atoms with Crippen LogP contribution in [0.1, 0.15) is 428 Å². The highest BCUT2D eigenvalue weighted by Gasteiger charge is 2.34. The summed E-state index contributed by atoms with van der Waals surface area (Å²) >= 11 is 2.06. The van der Waals surface area contributed by atoms with Crippen LogP contribution in [0.5, 0.6) is 0 Å². The molecule has 732 valence electrons. The van der Waals surface area contributed by atoms with Gasteiger partial charge in [-0.15, -0.1) is 0 Å². The minimum Gasteiger partial charge on any atom is -0.466 e. The Morgan fingerprint density at radius 3 is 0.754 bits per heavy atom. The van der Waals surface area contributed by atoms with E-state index >= 15 is 0 Å². The molecule has 0 aromatic heterocycles. The van der Waals surface area contributed by atoms with E-state index in [0.29, 0.717) is 75.7 Å². The van der Waals surface area contributed by atoms with E-state index in [4.69, 9.17) is 37.9 Å². The summed E-state index contributed by atoms with van der Waals surface area (Å²) in [5, 5.41) is 5.00. The van der Waals surface area contributed by atoms with E-state index in [1.54, 1.807) is 0 Å². The number of nitrogens with one attached hydrogen (secondary N) is 2. The van der Waals surface area contributed by atoms with Crippen LogP contribution in [0.25, 0.3) is 0 Å². The first-order valence-corrected chi connectivity index (χ1v) is 52.8. The van der Waals surface area contributed by atoms with E-state index < -0.39 is 72.9 Å². The van der Waals surface area contributed by atoms with E-state index in [-0.39, 0.29) is 138 Å². The average Bonchev–Trinajstić information content (AvgIpc) is 0.841. The molecule has 2 atom stereocenters. The number of unbranched alkanes of at least 4 members (excludes halogenated alkanes) is 26. The maximum absolute atomic E-state index is 13.4. The Morgan fingerprint density at radius 1 is 0.254 bits per heavy atom. The summed E-state index contributed by atoms with van der Waals surface area (Å²) in [6.45, 7) is 20.1. The molecule has 2 N–H and O–H groups in total. The van der Waals surface area contributed by atoms with Gasteiger partial charge in [-0.25, -0.2) is 9.59 Å². The molecule has 1 heterocycles. The van der Waals surface area contributed by atoms with E-state index in [0.717, 1.165) is 190 Å². The van der Waals surface area contributed by atoms with Gasteiger partial charge < -0.3 is 58.3 Å². The number of nitrogens with zero attached hydrogens (tertiary/aromatic N) is 2. The first kappa shape index (κ1) is 119. The molecule has 1 rings (SSSR count). The lowest BCUT2D eigenvalue weighted by molar-refractivity contribution is -0.159. The van der Waals surface area contributed by atoms with Gasteiger partial charge in [0.05, 0.1) is 65.3 Å². The fourth-order valence-corrected chi connectivity index (χ4v) is 17.6. The third kappa shape index (κ3) is 72.4. The predicted molar refractivity (Wildman–Crippen MR) is 506 cm³/mol. The number of piperazine rings is 1. The molecule has 1 aliphatic rings. The fraction of sp³-hybridized carbons (Fsp3) is 0.880. The largest absolute Gasteiger partial charge is 0.466 e. The summed E-state index contributed by atoms with van der Waals surface area (Å²) in [6, 6.07) is -1.97. The van der Waals surface area contributed by atoms with Crippen molar-refractivity contribution in [1.82, 2.24) is 20.4 Å². The molecule has 1 saturated heterocycles. The van der Waals surface area contributed by atoms with Gasteiger partial charge >= 0.3 is 47.8 Å². The van der Waals surface area contributed by atoms with Crippen LogP contribution in [0.4, 0.5) is 0 Å². The molecule has 26 heteroatoms. The minimum absolute atomic E-state index is 0.0299. The van der Waals surface area contributed by atoms with E-state index in [1.807, 2.05) is 9.80 Å². The van der Waals surface area contributed by atoms with Crippen LogP contribution in [-0.2, 0) is 95.4 Å². The third-order valence-electron chi connectivity index (χ3n) is 24.1. The number of ether oxygens (including phenoxy) is 8. The molecule has 24 nitrogen and oxygen atoms in total. The van der Waals surface area contributed by atoms with E-state index in [9.17, 15) is 57.5 Å². The van der Waals surface area contributed by atoms with Crippen molar-refractivity contribution in [3.8, 4) is 0 Å². The van der Waals surface area contributed by atoms with Crippen LogP contribution in [0.2, 0.25) is 0 Å². The first-order valence-electron chi connectivity index (χ1n) is 50.8. The monoisotopic (exact) mass is 1820 g/mol. The maximum atomic E-state index is 13.4. The van der Waals surface area contributed by atoms with Gasteiger partial charge in [0.25, 0.3) is 0 Å². The van der Waals surface area contributed by atoms with Crippen molar-refractivity contribution in [2.75, 3.05) is 104 Å². The molecular weight excluding hydrogens is 1640 g/mol. The van der Waals surface area contributed by atoms with Gasteiger partial charge in [-0.3, -0.25) is 47.9 Å². The topological polar surface area (TPSA) is 309 Å². The van der Waals surface area contributed by atoms with Crippen molar-refractivity contribution in [3.05, 3.63) is 0 Å². The Bertz CT molecular complexity index is 2580. The maximum Gasteiger partial charge on any atom is 0.344 e. The SMILES string of the molecule is CCCCCC(CCCCC)CCOC(=O)CCCCCCCCOC(=O)CCN(CCSC(=O)CCC1NC(=O)C(CCC(=O)SCCN(CCC(=O)OCCCCCCCCC(=O)OCCC(CCCCC)CCCCC)CCC(=O)OCC(=O)OCCC(CCCCC)CCCCC)NC1=O)CCC(=O)OCC(=O)OCCC(CCCCC)CCCCC. The van der Waals surface area contributed by atoms with Crippen LogP contribution in [-0.4, -0.2) is 195 Å². The summed E-state index contributed by atoms with van der Waals surface area (Å²) in [4.78, 5) is 160. The molecule has 2 amide bonds. The smallest absolute Gasteiger partial charge is 0.344 e. The summed E-state index contributed by atoms with van der Waals surface area (Å²) in [6.07, 6.45) is 52.3. The van der Waals surface area contributed by atoms with Gasteiger partial charge in [-0.2, -0.15) is 0 Å².